The number of ether oxygens (including phenoxy) is 1. The molecule has 0 bridgehead atoms. The van der Waals surface area contributed by atoms with Crippen molar-refractivity contribution in [3.63, 3.8) is 0 Å². The minimum absolute atomic E-state index is 0.0806. The normalized spacial score (nSPS) is 9.94. The van der Waals surface area contributed by atoms with Gasteiger partial charge in [0.1, 0.15) is 5.75 Å². The molecule has 2 rings (SSSR count). The molecule has 0 unspecified atom stereocenters. The quantitative estimate of drug-likeness (QED) is 0.456. The second kappa shape index (κ2) is 4.65. The smallest absolute Gasteiger partial charge is 0.265 e. The number of aromatic nitrogens is 1. The van der Waals surface area contributed by atoms with Crippen LogP contribution in [-0.2, 0) is 0 Å². The van der Waals surface area contributed by atoms with E-state index in [1.807, 2.05) is 0 Å². The van der Waals surface area contributed by atoms with Crippen molar-refractivity contribution >= 4 is 5.78 Å². The molecule has 0 aliphatic heterocycles. The Kier molecular flexibility index (Phi) is 3.05. The summed E-state index contributed by atoms with van der Waals surface area (Å²) in [5.74, 6) is 0.111. The second-order valence-electron chi connectivity index (χ2n) is 3.44. The first-order chi connectivity index (χ1) is 8.24. The number of ketones is 1. The third kappa shape index (κ3) is 2.10. The van der Waals surface area contributed by atoms with Gasteiger partial charge in [-0.3, -0.25) is 4.79 Å². The van der Waals surface area contributed by atoms with Gasteiger partial charge in [0.15, 0.2) is 6.20 Å². The molecule has 0 atom stereocenters. The van der Waals surface area contributed by atoms with Gasteiger partial charge in [-0.2, -0.15) is 4.73 Å². The average Bonchev–Trinajstić information content (AvgIpc) is 2.38. The number of methoxy groups -OCH3 is 1. The fraction of sp³-hybridized carbons (Fsp3) is 0.0769. The lowest BCUT2D eigenvalue weighted by Gasteiger charge is -2.07. The maximum Gasteiger partial charge on any atom is 0.265 e. The summed E-state index contributed by atoms with van der Waals surface area (Å²) in [6, 6.07) is 11.5. The highest BCUT2D eigenvalue weighted by atomic mass is 16.5. The summed E-state index contributed by atoms with van der Waals surface area (Å²) in [4.78, 5) is 12.1. The molecule has 1 aromatic heterocycles. The minimum Gasteiger partial charge on any atom is -0.618 e. The van der Waals surface area contributed by atoms with Crippen LogP contribution >= 0.6 is 0 Å². The number of carbonyl (C=O) groups excluding carboxylic acids is 1. The fourth-order valence-electron chi connectivity index (χ4n) is 1.57. The highest BCUT2D eigenvalue weighted by molar-refractivity contribution is 6.08. The summed E-state index contributed by atoms with van der Waals surface area (Å²) in [5, 5.41) is 11.5. The number of para-hydroxylation sites is 1. The van der Waals surface area contributed by atoms with Crippen molar-refractivity contribution in [2.45, 2.75) is 0 Å². The molecule has 0 amide bonds. The lowest BCUT2D eigenvalue weighted by Crippen LogP contribution is -2.34. The number of carbonyl (C=O) groups is 1. The van der Waals surface area contributed by atoms with E-state index in [1.165, 1.54) is 19.4 Å². The van der Waals surface area contributed by atoms with Crippen LogP contribution in [0.5, 0.6) is 5.75 Å². The van der Waals surface area contributed by atoms with Gasteiger partial charge >= 0.3 is 0 Å². The zero-order valence-electron chi connectivity index (χ0n) is 9.29. The highest BCUT2D eigenvalue weighted by Gasteiger charge is 2.20. The number of hydrogen-bond donors (Lipinski definition) is 0. The molecule has 0 aliphatic rings. The Labute approximate surface area is 98.7 Å². The monoisotopic (exact) mass is 229 g/mol. The molecule has 2 aromatic rings. The van der Waals surface area contributed by atoms with Gasteiger partial charge in [0.05, 0.1) is 12.7 Å². The zero-order valence-corrected chi connectivity index (χ0v) is 9.29. The van der Waals surface area contributed by atoms with E-state index in [-0.39, 0.29) is 11.5 Å². The lowest BCUT2D eigenvalue weighted by atomic mass is 10.1. The maximum absolute atomic E-state index is 12.1. The van der Waals surface area contributed by atoms with Gasteiger partial charge in [0, 0.05) is 12.1 Å². The Morgan fingerprint density at radius 3 is 2.59 bits per heavy atom. The summed E-state index contributed by atoms with van der Waals surface area (Å²) in [7, 11) is 1.49. The van der Waals surface area contributed by atoms with Crippen LogP contribution < -0.4 is 9.47 Å². The third-order valence-electron chi connectivity index (χ3n) is 2.41. The van der Waals surface area contributed by atoms with Crippen LogP contribution in [0.15, 0.2) is 48.7 Å². The molecule has 1 aromatic carbocycles. The van der Waals surface area contributed by atoms with E-state index in [1.54, 1.807) is 36.4 Å². The van der Waals surface area contributed by atoms with Gasteiger partial charge in [0.2, 0.25) is 0 Å². The van der Waals surface area contributed by atoms with Crippen LogP contribution in [0.3, 0.4) is 0 Å². The molecule has 86 valence electrons. The van der Waals surface area contributed by atoms with Gasteiger partial charge < -0.3 is 9.94 Å². The molecule has 4 nitrogen and oxygen atoms in total. The van der Waals surface area contributed by atoms with Crippen molar-refractivity contribution in [1.29, 1.82) is 0 Å². The molecule has 1 heterocycles. The topological polar surface area (TPSA) is 53.2 Å². The predicted molar refractivity (Wildman–Crippen MR) is 61.8 cm³/mol. The molecule has 4 heteroatoms. The molecular formula is C13H11NO3. The van der Waals surface area contributed by atoms with Crippen LogP contribution in [0.25, 0.3) is 0 Å². The van der Waals surface area contributed by atoms with Crippen molar-refractivity contribution in [2.75, 3.05) is 7.11 Å². The number of benzene rings is 1. The molecule has 17 heavy (non-hydrogen) atoms. The van der Waals surface area contributed by atoms with E-state index < -0.39 is 0 Å². The Morgan fingerprint density at radius 2 is 1.88 bits per heavy atom. The van der Waals surface area contributed by atoms with E-state index >= 15 is 0 Å². The van der Waals surface area contributed by atoms with Crippen molar-refractivity contribution < 1.29 is 14.3 Å². The molecule has 0 fully saturated rings. The summed E-state index contributed by atoms with van der Waals surface area (Å²) in [6.45, 7) is 0. The summed E-state index contributed by atoms with van der Waals surface area (Å²) in [5.41, 5.74) is 0.461. The van der Waals surface area contributed by atoms with Gasteiger partial charge in [-0.15, -0.1) is 0 Å². The van der Waals surface area contributed by atoms with E-state index in [0.717, 1.165) is 0 Å². The number of nitrogens with zero attached hydrogens (tertiary/aromatic N) is 1. The molecule has 0 spiro atoms. The average molecular weight is 229 g/mol. The number of hydrogen-bond acceptors (Lipinski definition) is 3. The van der Waals surface area contributed by atoms with E-state index in [0.29, 0.717) is 16.0 Å². The summed E-state index contributed by atoms with van der Waals surface area (Å²) < 4.78 is 5.65. The Hall–Kier alpha value is -2.36. The molecular weight excluding hydrogens is 218 g/mol. The second-order valence-corrected chi connectivity index (χ2v) is 3.44. The van der Waals surface area contributed by atoms with Gasteiger partial charge in [-0.25, -0.2) is 0 Å². The SMILES string of the molecule is COc1ccccc1C(=O)c1cccc[n+]1[O-]. The standard InChI is InChI=1S/C13H11NO3/c1-17-12-8-3-2-6-10(12)13(15)11-7-4-5-9-14(11)16/h2-9H,1H3. The first-order valence-electron chi connectivity index (χ1n) is 5.10. The molecule has 0 radical (unpaired) electrons. The molecule has 0 saturated heterocycles. The minimum atomic E-state index is -0.349. The van der Waals surface area contributed by atoms with E-state index in [9.17, 15) is 10.0 Å². The number of pyridine rings is 1. The van der Waals surface area contributed by atoms with Crippen molar-refractivity contribution in [1.82, 2.24) is 0 Å². The van der Waals surface area contributed by atoms with Gasteiger partial charge in [-0.1, -0.05) is 12.1 Å². The predicted octanol–water partition coefficient (Wildman–Crippen LogP) is 1.56. The summed E-state index contributed by atoms with van der Waals surface area (Å²) >= 11 is 0. The van der Waals surface area contributed by atoms with Crippen LogP contribution in [0.1, 0.15) is 16.1 Å². The van der Waals surface area contributed by atoms with Gasteiger partial charge in [-0.05, 0) is 18.2 Å². The van der Waals surface area contributed by atoms with Crippen LogP contribution in [-0.4, -0.2) is 12.9 Å². The Morgan fingerprint density at radius 1 is 1.18 bits per heavy atom. The number of rotatable bonds is 3. The molecule has 0 N–H and O–H groups in total. The summed E-state index contributed by atoms with van der Waals surface area (Å²) in [6.07, 6.45) is 1.29. The third-order valence-corrected chi connectivity index (χ3v) is 2.41. The molecule has 0 aliphatic carbocycles. The van der Waals surface area contributed by atoms with Crippen molar-refractivity contribution in [2.24, 2.45) is 0 Å². The zero-order chi connectivity index (χ0) is 12.3. The highest BCUT2D eigenvalue weighted by Crippen LogP contribution is 2.19. The van der Waals surface area contributed by atoms with Crippen molar-refractivity contribution in [3.8, 4) is 5.75 Å². The van der Waals surface area contributed by atoms with Gasteiger partial charge in [0.25, 0.3) is 11.5 Å². The van der Waals surface area contributed by atoms with E-state index in [4.69, 9.17) is 4.74 Å². The lowest BCUT2D eigenvalue weighted by molar-refractivity contribution is -0.607. The van der Waals surface area contributed by atoms with Crippen LogP contribution in [0.4, 0.5) is 0 Å². The van der Waals surface area contributed by atoms with Crippen LogP contribution in [0.2, 0.25) is 0 Å². The maximum atomic E-state index is 12.1. The van der Waals surface area contributed by atoms with Crippen LogP contribution in [0, 0.1) is 5.21 Å². The first kappa shape index (κ1) is 11.1. The fourth-order valence-corrected chi connectivity index (χ4v) is 1.57. The largest absolute Gasteiger partial charge is 0.618 e. The Balaban J connectivity index is 2.48. The van der Waals surface area contributed by atoms with E-state index in [2.05, 4.69) is 0 Å². The van der Waals surface area contributed by atoms with Crippen molar-refractivity contribution in [3.05, 3.63) is 65.1 Å². The Bertz CT molecular complexity index is 552. The first-order valence-corrected chi connectivity index (χ1v) is 5.10. The molecule has 0 saturated carbocycles.